The Hall–Kier alpha value is -3.24. The van der Waals surface area contributed by atoms with Crippen molar-refractivity contribution in [2.45, 2.75) is 6.54 Å². The van der Waals surface area contributed by atoms with Crippen molar-refractivity contribution in [1.29, 1.82) is 0 Å². The van der Waals surface area contributed by atoms with Crippen LogP contribution in [-0.4, -0.2) is 24.8 Å². The van der Waals surface area contributed by atoms with Crippen molar-refractivity contribution in [3.8, 4) is 17.0 Å². The number of carbonyl (C=O) groups is 1. The monoisotopic (exact) mass is 405 g/mol. The van der Waals surface area contributed by atoms with E-state index in [2.05, 4.69) is 10.6 Å². The van der Waals surface area contributed by atoms with Gasteiger partial charge in [0.25, 0.3) is 0 Å². The van der Waals surface area contributed by atoms with Crippen LogP contribution in [0.3, 0.4) is 0 Å². The first-order chi connectivity index (χ1) is 14.1. The number of hydrogen-bond donors (Lipinski definition) is 0. The number of fused-ring (bicyclic) bond motifs is 1. The lowest BCUT2D eigenvalue weighted by molar-refractivity contribution is 0.0600. The van der Waals surface area contributed by atoms with E-state index in [1.165, 1.54) is 7.11 Å². The van der Waals surface area contributed by atoms with E-state index in [0.717, 1.165) is 33.5 Å². The van der Waals surface area contributed by atoms with Crippen molar-refractivity contribution >= 4 is 28.5 Å². The molecule has 0 fully saturated rings. The Morgan fingerprint density at radius 1 is 0.966 bits per heavy atom. The van der Waals surface area contributed by atoms with Gasteiger partial charge in [-0.05, 0) is 48.0 Å². The van der Waals surface area contributed by atoms with Gasteiger partial charge in [-0.15, -0.1) is 0 Å². The van der Waals surface area contributed by atoms with Crippen molar-refractivity contribution < 1.29 is 14.3 Å². The molecule has 0 aliphatic carbocycles. The summed E-state index contributed by atoms with van der Waals surface area (Å²) in [6.45, 7) is 0.585. The average molecular weight is 406 g/mol. The summed E-state index contributed by atoms with van der Waals surface area (Å²) < 4.78 is 12.4. The largest absolute Gasteiger partial charge is 0.497 e. The summed E-state index contributed by atoms with van der Waals surface area (Å²) in [7, 11) is 3.04. The van der Waals surface area contributed by atoms with Gasteiger partial charge in [0.1, 0.15) is 5.75 Å². The van der Waals surface area contributed by atoms with Gasteiger partial charge in [-0.25, -0.2) is 4.79 Å². The molecule has 29 heavy (non-hydrogen) atoms. The molecule has 0 saturated carbocycles. The SMILES string of the molecule is COC(=O)c1cccc(Cn2c(-c3ccccc3Cl)cc3cc(OC)ccc32)c1. The van der Waals surface area contributed by atoms with Crippen LogP contribution in [0.15, 0.2) is 72.8 Å². The van der Waals surface area contributed by atoms with Gasteiger partial charge >= 0.3 is 5.97 Å². The molecule has 0 unspecified atom stereocenters. The Balaban J connectivity index is 1.87. The first-order valence-electron chi connectivity index (χ1n) is 9.20. The van der Waals surface area contributed by atoms with Crippen LogP contribution < -0.4 is 4.74 Å². The van der Waals surface area contributed by atoms with E-state index < -0.39 is 0 Å². The number of benzene rings is 3. The maximum atomic E-state index is 11.9. The lowest BCUT2D eigenvalue weighted by atomic mass is 10.1. The third-order valence-corrected chi connectivity index (χ3v) is 5.28. The van der Waals surface area contributed by atoms with E-state index in [1.807, 2.05) is 60.7 Å². The molecule has 0 saturated heterocycles. The molecule has 0 radical (unpaired) electrons. The minimum Gasteiger partial charge on any atom is -0.497 e. The van der Waals surface area contributed by atoms with Crippen LogP contribution >= 0.6 is 11.6 Å². The molecular weight excluding hydrogens is 386 g/mol. The highest BCUT2D eigenvalue weighted by molar-refractivity contribution is 6.33. The van der Waals surface area contributed by atoms with E-state index in [4.69, 9.17) is 21.1 Å². The minimum atomic E-state index is -0.347. The summed E-state index contributed by atoms with van der Waals surface area (Å²) in [5, 5.41) is 1.75. The molecule has 0 spiro atoms. The molecule has 0 atom stereocenters. The van der Waals surface area contributed by atoms with E-state index in [9.17, 15) is 4.79 Å². The van der Waals surface area contributed by atoms with Gasteiger partial charge in [0.2, 0.25) is 0 Å². The van der Waals surface area contributed by atoms with Gasteiger partial charge in [-0.3, -0.25) is 0 Å². The number of methoxy groups -OCH3 is 2. The fourth-order valence-corrected chi connectivity index (χ4v) is 3.77. The van der Waals surface area contributed by atoms with Gasteiger partial charge < -0.3 is 14.0 Å². The Labute approximate surface area is 174 Å². The van der Waals surface area contributed by atoms with Gasteiger partial charge in [0, 0.05) is 28.0 Å². The Bertz CT molecular complexity index is 1200. The molecule has 0 N–H and O–H groups in total. The maximum absolute atomic E-state index is 11.9. The molecule has 0 aliphatic rings. The molecule has 0 bridgehead atoms. The van der Waals surface area contributed by atoms with Crippen molar-refractivity contribution in [2.24, 2.45) is 0 Å². The highest BCUT2D eigenvalue weighted by atomic mass is 35.5. The second-order valence-electron chi connectivity index (χ2n) is 6.71. The Morgan fingerprint density at radius 2 is 1.79 bits per heavy atom. The zero-order valence-electron chi connectivity index (χ0n) is 16.2. The second-order valence-corrected chi connectivity index (χ2v) is 7.12. The number of hydrogen-bond acceptors (Lipinski definition) is 3. The van der Waals surface area contributed by atoms with E-state index in [-0.39, 0.29) is 5.97 Å². The number of carbonyl (C=O) groups excluding carboxylic acids is 1. The molecule has 3 aromatic carbocycles. The predicted molar refractivity (Wildman–Crippen MR) is 116 cm³/mol. The maximum Gasteiger partial charge on any atom is 0.337 e. The summed E-state index contributed by atoms with van der Waals surface area (Å²) in [4.78, 5) is 11.9. The first-order valence-corrected chi connectivity index (χ1v) is 9.58. The van der Waals surface area contributed by atoms with Gasteiger partial charge in [-0.1, -0.05) is 41.9 Å². The van der Waals surface area contributed by atoms with Crippen LogP contribution in [-0.2, 0) is 11.3 Å². The normalized spacial score (nSPS) is 10.9. The molecule has 146 valence electrons. The fraction of sp³-hybridized carbons (Fsp3) is 0.125. The average Bonchev–Trinajstić information content (AvgIpc) is 3.10. The van der Waals surface area contributed by atoms with Crippen molar-refractivity contribution in [1.82, 2.24) is 4.57 Å². The number of halogens is 1. The van der Waals surface area contributed by atoms with Gasteiger partial charge in [0.15, 0.2) is 0 Å². The number of nitrogens with zero attached hydrogens (tertiary/aromatic N) is 1. The highest BCUT2D eigenvalue weighted by Crippen LogP contribution is 2.34. The third-order valence-electron chi connectivity index (χ3n) is 4.95. The zero-order valence-corrected chi connectivity index (χ0v) is 16.9. The molecule has 4 rings (SSSR count). The van der Waals surface area contributed by atoms with Crippen molar-refractivity contribution in [2.75, 3.05) is 14.2 Å². The lowest BCUT2D eigenvalue weighted by Crippen LogP contribution is -2.05. The molecule has 5 heteroatoms. The third kappa shape index (κ3) is 3.71. The summed E-state index contributed by atoms with van der Waals surface area (Å²) >= 11 is 6.51. The predicted octanol–water partition coefficient (Wildman–Crippen LogP) is 5.81. The van der Waals surface area contributed by atoms with Gasteiger partial charge in [0.05, 0.1) is 25.5 Å². The summed E-state index contributed by atoms with van der Waals surface area (Å²) in [5.74, 6) is 0.452. The smallest absolute Gasteiger partial charge is 0.337 e. The molecular formula is C24H20ClNO3. The van der Waals surface area contributed by atoms with Crippen LogP contribution in [0.25, 0.3) is 22.2 Å². The second kappa shape index (κ2) is 8.02. The molecule has 0 aliphatic heterocycles. The molecule has 4 nitrogen and oxygen atoms in total. The minimum absolute atomic E-state index is 0.347. The molecule has 1 aromatic heterocycles. The zero-order chi connectivity index (χ0) is 20.4. The Kier molecular flexibility index (Phi) is 5.28. The summed E-state index contributed by atoms with van der Waals surface area (Å²) in [6.07, 6.45) is 0. The number of esters is 1. The highest BCUT2D eigenvalue weighted by Gasteiger charge is 2.15. The fourth-order valence-electron chi connectivity index (χ4n) is 3.54. The Morgan fingerprint density at radius 3 is 2.55 bits per heavy atom. The van der Waals surface area contributed by atoms with E-state index in [1.54, 1.807) is 13.2 Å². The summed E-state index contributed by atoms with van der Waals surface area (Å²) in [5.41, 5.74) is 4.54. The first kappa shape index (κ1) is 19.1. The van der Waals surface area contributed by atoms with Crippen LogP contribution in [0.1, 0.15) is 15.9 Å². The quantitative estimate of drug-likeness (QED) is 0.393. The molecule has 0 amide bonds. The molecule has 1 heterocycles. The van der Waals surface area contributed by atoms with Crippen LogP contribution in [0.4, 0.5) is 0 Å². The number of ether oxygens (including phenoxy) is 2. The van der Waals surface area contributed by atoms with E-state index in [0.29, 0.717) is 17.1 Å². The van der Waals surface area contributed by atoms with Crippen molar-refractivity contribution in [3.63, 3.8) is 0 Å². The van der Waals surface area contributed by atoms with Crippen molar-refractivity contribution in [3.05, 3.63) is 88.9 Å². The molecule has 4 aromatic rings. The standard InChI is InChI=1S/C24H20ClNO3/c1-28-19-10-11-22-18(13-19)14-23(20-8-3-4-9-21(20)25)26(22)15-16-6-5-7-17(12-16)24(27)29-2/h3-14H,15H2,1-2H3. The van der Waals surface area contributed by atoms with Crippen LogP contribution in [0.5, 0.6) is 5.75 Å². The number of rotatable bonds is 5. The summed E-state index contributed by atoms with van der Waals surface area (Å²) in [6, 6.07) is 23.4. The van der Waals surface area contributed by atoms with E-state index >= 15 is 0 Å². The lowest BCUT2D eigenvalue weighted by Gasteiger charge is -2.13. The van der Waals surface area contributed by atoms with Crippen LogP contribution in [0.2, 0.25) is 5.02 Å². The topological polar surface area (TPSA) is 40.5 Å². The van der Waals surface area contributed by atoms with Crippen LogP contribution in [0, 0.1) is 0 Å². The van der Waals surface area contributed by atoms with Gasteiger partial charge in [-0.2, -0.15) is 0 Å². The number of aromatic nitrogens is 1.